The van der Waals surface area contributed by atoms with Crippen LogP contribution in [-0.2, 0) is 25.9 Å². The Morgan fingerprint density at radius 3 is 2.17 bits per heavy atom. The number of carbonyl (C=O) groups excluding carboxylic acids is 2. The van der Waals surface area contributed by atoms with E-state index in [2.05, 4.69) is 10.6 Å². The van der Waals surface area contributed by atoms with Crippen LogP contribution >= 0.6 is 0 Å². The van der Waals surface area contributed by atoms with E-state index in [-0.39, 0.29) is 17.3 Å². The molecule has 1 aromatic carbocycles. The highest BCUT2D eigenvalue weighted by atomic mass is 32.2. The first-order valence-electron chi connectivity index (χ1n) is 7.45. The van der Waals surface area contributed by atoms with Crippen LogP contribution in [0.25, 0.3) is 0 Å². The first-order chi connectivity index (χ1) is 10.9. The van der Waals surface area contributed by atoms with Crippen LogP contribution in [0.4, 0.5) is 4.79 Å². The van der Waals surface area contributed by atoms with E-state index in [4.69, 9.17) is 4.74 Å². The normalized spacial score (nSPS) is 13.0. The van der Waals surface area contributed by atoms with E-state index in [0.29, 0.717) is 0 Å². The van der Waals surface area contributed by atoms with Gasteiger partial charge in [0.1, 0.15) is 11.6 Å². The molecule has 0 spiro atoms. The molecule has 2 amide bonds. The van der Waals surface area contributed by atoms with Crippen molar-refractivity contribution in [3.05, 3.63) is 29.8 Å². The SMILES string of the molecule is C[C@H](NC(=O)OC(C)(C)C)C(=O)NCc1ccc(S(C)(=O)=O)cc1. The number of ether oxygens (including phenoxy) is 1. The summed E-state index contributed by atoms with van der Waals surface area (Å²) in [7, 11) is -3.24. The molecular formula is C16H24N2O5S. The minimum atomic E-state index is -3.24. The molecule has 0 aliphatic rings. The van der Waals surface area contributed by atoms with Crippen LogP contribution in [-0.4, -0.2) is 38.3 Å². The maximum absolute atomic E-state index is 12.0. The van der Waals surface area contributed by atoms with Gasteiger partial charge in [-0.15, -0.1) is 0 Å². The number of sulfone groups is 1. The first-order valence-corrected chi connectivity index (χ1v) is 9.34. The van der Waals surface area contributed by atoms with Gasteiger partial charge in [0.2, 0.25) is 5.91 Å². The van der Waals surface area contributed by atoms with Crippen LogP contribution in [0, 0.1) is 0 Å². The Morgan fingerprint density at radius 2 is 1.71 bits per heavy atom. The molecule has 0 aromatic heterocycles. The van der Waals surface area contributed by atoms with Gasteiger partial charge < -0.3 is 15.4 Å². The molecular weight excluding hydrogens is 332 g/mol. The Morgan fingerprint density at radius 1 is 1.17 bits per heavy atom. The van der Waals surface area contributed by atoms with Gasteiger partial charge in [-0.1, -0.05) is 12.1 Å². The van der Waals surface area contributed by atoms with E-state index < -0.39 is 27.6 Å². The Labute approximate surface area is 142 Å². The van der Waals surface area contributed by atoms with E-state index in [9.17, 15) is 18.0 Å². The molecule has 8 heteroatoms. The van der Waals surface area contributed by atoms with E-state index in [1.54, 1.807) is 39.8 Å². The molecule has 1 atom stereocenters. The summed E-state index contributed by atoms with van der Waals surface area (Å²) in [4.78, 5) is 23.8. The number of alkyl carbamates (subject to hydrolysis) is 1. The third kappa shape index (κ3) is 6.99. The maximum Gasteiger partial charge on any atom is 0.408 e. The van der Waals surface area contributed by atoms with Crippen molar-refractivity contribution in [2.24, 2.45) is 0 Å². The maximum atomic E-state index is 12.0. The van der Waals surface area contributed by atoms with Gasteiger partial charge in [-0.05, 0) is 45.4 Å². The molecule has 0 fully saturated rings. The monoisotopic (exact) mass is 356 g/mol. The fourth-order valence-corrected chi connectivity index (χ4v) is 2.38. The minimum Gasteiger partial charge on any atom is -0.444 e. The second-order valence-corrected chi connectivity index (χ2v) is 8.52. The van der Waals surface area contributed by atoms with Gasteiger partial charge in [0, 0.05) is 12.8 Å². The van der Waals surface area contributed by atoms with E-state index in [1.165, 1.54) is 12.1 Å². The van der Waals surface area contributed by atoms with Gasteiger partial charge in [0.05, 0.1) is 4.90 Å². The molecule has 0 unspecified atom stereocenters. The molecule has 1 aromatic rings. The molecule has 2 N–H and O–H groups in total. The van der Waals surface area contributed by atoms with Crippen LogP contribution in [0.1, 0.15) is 33.3 Å². The number of nitrogens with one attached hydrogen (secondary N) is 2. The molecule has 0 aliphatic carbocycles. The van der Waals surface area contributed by atoms with Gasteiger partial charge >= 0.3 is 6.09 Å². The lowest BCUT2D eigenvalue weighted by molar-refractivity contribution is -0.122. The summed E-state index contributed by atoms with van der Waals surface area (Å²) in [5.74, 6) is -0.368. The van der Waals surface area contributed by atoms with E-state index in [0.717, 1.165) is 11.8 Å². The molecule has 7 nitrogen and oxygen atoms in total. The van der Waals surface area contributed by atoms with Crippen molar-refractivity contribution in [1.29, 1.82) is 0 Å². The van der Waals surface area contributed by atoms with Crippen LogP contribution in [0.15, 0.2) is 29.2 Å². The van der Waals surface area contributed by atoms with E-state index in [1.807, 2.05) is 0 Å². The predicted molar refractivity (Wildman–Crippen MR) is 90.2 cm³/mol. The van der Waals surface area contributed by atoms with Crippen LogP contribution < -0.4 is 10.6 Å². The Kier molecular flexibility index (Phi) is 6.36. The van der Waals surface area contributed by atoms with Gasteiger partial charge in [-0.25, -0.2) is 13.2 Å². The molecule has 0 radical (unpaired) electrons. The second kappa shape index (κ2) is 7.65. The number of carbonyl (C=O) groups is 2. The summed E-state index contributed by atoms with van der Waals surface area (Å²) in [6.45, 7) is 6.97. The average Bonchev–Trinajstić information content (AvgIpc) is 2.42. The standard InChI is InChI=1S/C16H24N2O5S/c1-11(18-15(20)23-16(2,3)4)14(19)17-10-12-6-8-13(9-7-12)24(5,21)22/h6-9,11H,10H2,1-5H3,(H,17,19)(H,18,20)/t11-/m0/s1. The zero-order chi connectivity index (χ0) is 18.5. The quantitative estimate of drug-likeness (QED) is 0.835. The average molecular weight is 356 g/mol. The zero-order valence-electron chi connectivity index (χ0n) is 14.5. The number of hydrogen-bond acceptors (Lipinski definition) is 5. The third-order valence-electron chi connectivity index (χ3n) is 2.94. The molecule has 134 valence electrons. The number of hydrogen-bond donors (Lipinski definition) is 2. The Bertz CT molecular complexity index is 690. The summed E-state index contributed by atoms with van der Waals surface area (Å²) >= 11 is 0. The fraction of sp³-hybridized carbons (Fsp3) is 0.500. The summed E-state index contributed by atoms with van der Waals surface area (Å²) in [5.41, 5.74) is 0.113. The topological polar surface area (TPSA) is 102 Å². The molecule has 24 heavy (non-hydrogen) atoms. The predicted octanol–water partition coefficient (Wildman–Crippen LogP) is 1.62. The van der Waals surface area contributed by atoms with Crippen LogP contribution in [0.5, 0.6) is 0 Å². The van der Waals surface area contributed by atoms with E-state index >= 15 is 0 Å². The first kappa shape index (κ1) is 20.0. The lowest BCUT2D eigenvalue weighted by Gasteiger charge is -2.21. The van der Waals surface area contributed by atoms with Gasteiger partial charge in [0.15, 0.2) is 9.84 Å². The number of benzene rings is 1. The minimum absolute atomic E-state index is 0.220. The molecule has 0 heterocycles. The summed E-state index contributed by atoms with van der Waals surface area (Å²) in [6, 6.07) is 5.47. The lowest BCUT2D eigenvalue weighted by Crippen LogP contribution is -2.46. The van der Waals surface area contributed by atoms with Crippen molar-refractivity contribution >= 4 is 21.8 Å². The zero-order valence-corrected chi connectivity index (χ0v) is 15.4. The smallest absolute Gasteiger partial charge is 0.408 e. The van der Waals surface area contributed by atoms with Crippen molar-refractivity contribution in [3.63, 3.8) is 0 Å². The molecule has 0 aliphatic heterocycles. The van der Waals surface area contributed by atoms with Gasteiger partial charge in [-0.2, -0.15) is 0 Å². The third-order valence-corrected chi connectivity index (χ3v) is 4.07. The highest BCUT2D eigenvalue weighted by Gasteiger charge is 2.20. The largest absolute Gasteiger partial charge is 0.444 e. The highest BCUT2D eigenvalue weighted by molar-refractivity contribution is 7.90. The summed E-state index contributed by atoms with van der Waals surface area (Å²) in [5, 5.41) is 5.12. The summed E-state index contributed by atoms with van der Waals surface area (Å²) in [6.07, 6.45) is 0.469. The molecule has 0 bridgehead atoms. The summed E-state index contributed by atoms with van der Waals surface area (Å²) < 4.78 is 27.8. The van der Waals surface area contributed by atoms with Gasteiger partial charge in [-0.3, -0.25) is 4.79 Å². The molecule has 0 saturated carbocycles. The van der Waals surface area contributed by atoms with Crippen molar-refractivity contribution < 1.29 is 22.7 Å². The van der Waals surface area contributed by atoms with Crippen molar-refractivity contribution in [2.75, 3.05) is 6.26 Å². The van der Waals surface area contributed by atoms with Crippen LogP contribution in [0.2, 0.25) is 0 Å². The number of rotatable bonds is 5. The van der Waals surface area contributed by atoms with Crippen molar-refractivity contribution in [1.82, 2.24) is 10.6 Å². The second-order valence-electron chi connectivity index (χ2n) is 6.50. The van der Waals surface area contributed by atoms with Crippen molar-refractivity contribution in [3.8, 4) is 0 Å². The van der Waals surface area contributed by atoms with Crippen molar-refractivity contribution in [2.45, 2.75) is 50.8 Å². The molecule has 0 saturated heterocycles. The number of amides is 2. The van der Waals surface area contributed by atoms with Crippen LogP contribution in [0.3, 0.4) is 0 Å². The molecule has 1 rings (SSSR count). The van der Waals surface area contributed by atoms with Gasteiger partial charge in [0.25, 0.3) is 0 Å². The fourth-order valence-electron chi connectivity index (χ4n) is 1.75. The Balaban J connectivity index is 2.52. The Hall–Kier alpha value is -2.09. The highest BCUT2D eigenvalue weighted by Crippen LogP contribution is 2.10. The lowest BCUT2D eigenvalue weighted by atomic mass is 10.2.